The number of carbonyl (C=O) groups is 1. The molecule has 1 rings (SSSR count). The van der Waals surface area contributed by atoms with Crippen LogP contribution in [0.3, 0.4) is 0 Å². The maximum absolute atomic E-state index is 10.4. The third-order valence-electron chi connectivity index (χ3n) is 1.34. The van der Waals surface area contributed by atoms with E-state index in [1.54, 1.807) is 13.0 Å². The molecule has 2 atom stereocenters. The van der Waals surface area contributed by atoms with Crippen LogP contribution in [0.15, 0.2) is 12.7 Å². The van der Waals surface area contributed by atoms with Crippen LogP contribution in [0.4, 0.5) is 0 Å². The van der Waals surface area contributed by atoms with E-state index < -0.39 is 0 Å². The molecule has 0 radical (unpaired) electrons. The van der Waals surface area contributed by atoms with Crippen LogP contribution in [0.25, 0.3) is 0 Å². The van der Waals surface area contributed by atoms with Gasteiger partial charge in [-0.2, -0.15) is 0 Å². The molecule has 0 aromatic rings. The average molecular weight is 126 g/mol. The van der Waals surface area contributed by atoms with Crippen molar-refractivity contribution >= 4 is 5.78 Å². The Balaban J connectivity index is 2.19. The van der Waals surface area contributed by atoms with Crippen LogP contribution in [0.5, 0.6) is 0 Å². The van der Waals surface area contributed by atoms with E-state index in [0.29, 0.717) is 6.42 Å². The number of ether oxygens (including phenoxy) is 1. The lowest BCUT2D eigenvalue weighted by atomic mass is 10.2. The number of epoxide rings is 1. The van der Waals surface area contributed by atoms with Crippen LogP contribution >= 0.6 is 0 Å². The van der Waals surface area contributed by atoms with Gasteiger partial charge < -0.3 is 4.74 Å². The molecule has 0 amide bonds. The van der Waals surface area contributed by atoms with Gasteiger partial charge in [-0.25, -0.2) is 0 Å². The average Bonchev–Trinajstić information content (AvgIpc) is 2.45. The van der Waals surface area contributed by atoms with E-state index >= 15 is 0 Å². The van der Waals surface area contributed by atoms with Crippen LogP contribution in [0, 0.1) is 0 Å². The van der Waals surface area contributed by atoms with Crippen molar-refractivity contribution in [3.05, 3.63) is 12.7 Å². The van der Waals surface area contributed by atoms with Crippen LogP contribution < -0.4 is 0 Å². The Kier molecular flexibility index (Phi) is 1.67. The summed E-state index contributed by atoms with van der Waals surface area (Å²) >= 11 is 0. The maximum Gasteiger partial charge on any atom is 0.132 e. The summed E-state index contributed by atoms with van der Waals surface area (Å²) in [4.78, 5) is 10.4. The number of Topliss-reactive ketones (excluding diaryl/α,β-unsaturated/α-hetero) is 1. The predicted octanol–water partition coefficient (Wildman–Crippen LogP) is 0.919. The van der Waals surface area contributed by atoms with Crippen molar-refractivity contribution in [3.63, 3.8) is 0 Å². The van der Waals surface area contributed by atoms with Crippen molar-refractivity contribution < 1.29 is 9.53 Å². The van der Waals surface area contributed by atoms with Gasteiger partial charge in [0.25, 0.3) is 0 Å². The van der Waals surface area contributed by atoms with Gasteiger partial charge in [0.15, 0.2) is 0 Å². The molecule has 2 heteroatoms. The SMILES string of the molecule is C=CC1OC1CC(C)=O. The molecule has 0 N–H and O–H groups in total. The van der Waals surface area contributed by atoms with Gasteiger partial charge in [-0.05, 0) is 6.92 Å². The molecule has 9 heavy (non-hydrogen) atoms. The lowest BCUT2D eigenvalue weighted by Gasteiger charge is -1.83. The van der Waals surface area contributed by atoms with Gasteiger partial charge in [0, 0.05) is 6.42 Å². The summed E-state index contributed by atoms with van der Waals surface area (Å²) in [5.74, 6) is 0.185. The minimum atomic E-state index is 0.139. The Hall–Kier alpha value is -0.630. The lowest BCUT2D eigenvalue weighted by molar-refractivity contribution is -0.117. The van der Waals surface area contributed by atoms with E-state index in [0.717, 1.165) is 0 Å². The molecular formula is C7H10O2. The standard InChI is InChI=1S/C7H10O2/c1-3-6-7(9-6)4-5(2)8/h3,6-7H,1,4H2,2H3. The molecule has 0 aromatic heterocycles. The Morgan fingerprint density at radius 3 is 2.89 bits per heavy atom. The van der Waals surface area contributed by atoms with E-state index in [2.05, 4.69) is 6.58 Å². The molecule has 0 spiro atoms. The summed E-state index contributed by atoms with van der Waals surface area (Å²) in [5.41, 5.74) is 0. The zero-order valence-electron chi connectivity index (χ0n) is 5.46. The molecule has 2 nitrogen and oxygen atoms in total. The summed E-state index contributed by atoms with van der Waals surface area (Å²) in [6.07, 6.45) is 2.55. The van der Waals surface area contributed by atoms with Gasteiger partial charge >= 0.3 is 0 Å². The number of carbonyl (C=O) groups excluding carboxylic acids is 1. The maximum atomic E-state index is 10.4. The summed E-state index contributed by atoms with van der Waals surface area (Å²) < 4.78 is 5.04. The molecule has 1 heterocycles. The van der Waals surface area contributed by atoms with Crippen LogP contribution in [-0.2, 0) is 9.53 Å². The topological polar surface area (TPSA) is 29.6 Å². The summed E-state index contributed by atoms with van der Waals surface area (Å²) in [6.45, 7) is 5.12. The van der Waals surface area contributed by atoms with Crippen molar-refractivity contribution in [2.75, 3.05) is 0 Å². The lowest BCUT2D eigenvalue weighted by Crippen LogP contribution is -1.98. The fraction of sp³-hybridized carbons (Fsp3) is 0.571. The van der Waals surface area contributed by atoms with Crippen molar-refractivity contribution in [2.24, 2.45) is 0 Å². The zero-order chi connectivity index (χ0) is 6.85. The highest BCUT2D eigenvalue weighted by Crippen LogP contribution is 2.25. The first-order valence-corrected chi connectivity index (χ1v) is 3.01. The Morgan fingerprint density at radius 2 is 2.56 bits per heavy atom. The summed E-state index contributed by atoms with van der Waals surface area (Å²) in [6, 6.07) is 0. The Bertz CT molecular complexity index is 140. The van der Waals surface area contributed by atoms with Crippen LogP contribution in [0.1, 0.15) is 13.3 Å². The highest BCUT2D eigenvalue weighted by molar-refractivity contribution is 5.76. The summed E-state index contributed by atoms with van der Waals surface area (Å²) in [5, 5.41) is 0. The number of ketones is 1. The molecule has 0 aromatic carbocycles. The van der Waals surface area contributed by atoms with E-state index in [1.807, 2.05) is 0 Å². The number of hydrogen-bond acceptors (Lipinski definition) is 2. The zero-order valence-corrected chi connectivity index (χ0v) is 5.46. The molecule has 50 valence electrons. The van der Waals surface area contributed by atoms with E-state index in [1.165, 1.54) is 0 Å². The van der Waals surface area contributed by atoms with E-state index in [4.69, 9.17) is 4.74 Å². The highest BCUT2D eigenvalue weighted by Gasteiger charge is 2.36. The molecule has 1 aliphatic rings. The first-order valence-electron chi connectivity index (χ1n) is 3.01. The first-order chi connectivity index (χ1) is 4.24. The second kappa shape index (κ2) is 2.31. The second-order valence-corrected chi connectivity index (χ2v) is 2.28. The molecule has 1 saturated heterocycles. The van der Waals surface area contributed by atoms with Gasteiger partial charge in [-0.15, -0.1) is 6.58 Å². The monoisotopic (exact) mass is 126 g/mol. The quantitative estimate of drug-likeness (QED) is 0.415. The van der Waals surface area contributed by atoms with Gasteiger partial charge in [-0.3, -0.25) is 4.79 Å². The van der Waals surface area contributed by atoms with Crippen LogP contribution in [-0.4, -0.2) is 18.0 Å². The summed E-state index contributed by atoms with van der Waals surface area (Å²) in [7, 11) is 0. The Labute approximate surface area is 54.5 Å². The molecule has 0 bridgehead atoms. The largest absolute Gasteiger partial charge is 0.365 e. The van der Waals surface area contributed by atoms with Gasteiger partial charge in [0.05, 0.1) is 6.10 Å². The van der Waals surface area contributed by atoms with Crippen LogP contribution in [0.2, 0.25) is 0 Å². The van der Waals surface area contributed by atoms with E-state index in [-0.39, 0.29) is 18.0 Å². The number of rotatable bonds is 3. The van der Waals surface area contributed by atoms with Gasteiger partial charge in [0.2, 0.25) is 0 Å². The molecule has 2 unspecified atom stereocenters. The normalized spacial score (nSPS) is 31.7. The molecular weight excluding hydrogens is 116 g/mol. The highest BCUT2D eigenvalue weighted by atomic mass is 16.6. The fourth-order valence-corrected chi connectivity index (χ4v) is 0.811. The minimum Gasteiger partial charge on any atom is -0.365 e. The van der Waals surface area contributed by atoms with Gasteiger partial charge in [-0.1, -0.05) is 6.08 Å². The van der Waals surface area contributed by atoms with E-state index in [9.17, 15) is 4.79 Å². The van der Waals surface area contributed by atoms with Gasteiger partial charge in [0.1, 0.15) is 11.9 Å². The third-order valence-corrected chi connectivity index (χ3v) is 1.34. The number of hydrogen-bond donors (Lipinski definition) is 0. The minimum absolute atomic E-state index is 0.139. The second-order valence-electron chi connectivity index (χ2n) is 2.28. The van der Waals surface area contributed by atoms with Crippen molar-refractivity contribution in [2.45, 2.75) is 25.6 Å². The van der Waals surface area contributed by atoms with Crippen molar-refractivity contribution in [1.29, 1.82) is 0 Å². The first kappa shape index (κ1) is 6.49. The fourth-order valence-electron chi connectivity index (χ4n) is 0.811. The smallest absolute Gasteiger partial charge is 0.132 e. The molecule has 0 saturated carbocycles. The molecule has 1 aliphatic heterocycles. The molecule has 0 aliphatic carbocycles. The third kappa shape index (κ3) is 1.64. The van der Waals surface area contributed by atoms with Crippen molar-refractivity contribution in [1.82, 2.24) is 0 Å². The van der Waals surface area contributed by atoms with Crippen molar-refractivity contribution in [3.8, 4) is 0 Å². The predicted molar refractivity (Wildman–Crippen MR) is 34.2 cm³/mol. The molecule has 1 fully saturated rings. The Morgan fingerprint density at radius 1 is 1.89 bits per heavy atom.